The van der Waals surface area contributed by atoms with E-state index in [2.05, 4.69) is 6.92 Å². The summed E-state index contributed by atoms with van der Waals surface area (Å²) in [7, 11) is 0. The molecule has 0 amide bonds. The fourth-order valence-electron chi connectivity index (χ4n) is 3.93. The van der Waals surface area contributed by atoms with Gasteiger partial charge in [0.15, 0.2) is 0 Å². The molecule has 0 spiro atoms. The van der Waals surface area contributed by atoms with Crippen LogP contribution in [0.2, 0.25) is 0 Å². The number of carboxylic acids is 1. The van der Waals surface area contributed by atoms with Gasteiger partial charge in [0.2, 0.25) is 0 Å². The molecule has 0 aromatic carbocycles. The van der Waals surface area contributed by atoms with E-state index in [0.29, 0.717) is 13.0 Å². The van der Waals surface area contributed by atoms with Gasteiger partial charge in [-0.05, 0) is 25.2 Å². The minimum absolute atomic E-state index is 0.0199. The number of esters is 1. The van der Waals surface area contributed by atoms with E-state index in [-0.39, 0.29) is 17.8 Å². The number of aliphatic carboxylic acids is 1. The number of ether oxygens (including phenoxy) is 1. The maximum absolute atomic E-state index is 11.7. The third-order valence-corrected chi connectivity index (χ3v) is 6.03. The van der Waals surface area contributed by atoms with Crippen molar-refractivity contribution < 1.29 is 19.4 Å². The highest BCUT2D eigenvalue weighted by molar-refractivity contribution is 5.70. The maximum atomic E-state index is 11.7. The van der Waals surface area contributed by atoms with Crippen molar-refractivity contribution in [3.8, 4) is 0 Å². The maximum Gasteiger partial charge on any atom is 0.306 e. The van der Waals surface area contributed by atoms with E-state index >= 15 is 0 Å². The summed E-state index contributed by atoms with van der Waals surface area (Å²) in [5.41, 5.74) is 0. The first-order valence-electron chi connectivity index (χ1n) is 12.9. The summed E-state index contributed by atoms with van der Waals surface area (Å²) in [6.45, 7) is 6.80. The molecule has 0 aliphatic carbocycles. The van der Waals surface area contributed by atoms with E-state index in [1.54, 1.807) is 0 Å². The van der Waals surface area contributed by atoms with E-state index < -0.39 is 5.97 Å². The van der Waals surface area contributed by atoms with Gasteiger partial charge in [-0.2, -0.15) is 0 Å². The van der Waals surface area contributed by atoms with Gasteiger partial charge in [-0.25, -0.2) is 0 Å². The second-order valence-electron chi connectivity index (χ2n) is 9.25. The number of hydrogen-bond acceptors (Lipinski definition) is 3. The molecule has 0 fully saturated rings. The highest BCUT2D eigenvalue weighted by Gasteiger charge is 2.20. The Morgan fingerprint density at radius 1 is 0.700 bits per heavy atom. The topological polar surface area (TPSA) is 63.6 Å². The molecule has 4 nitrogen and oxygen atoms in total. The lowest BCUT2D eigenvalue weighted by Gasteiger charge is -2.15. The van der Waals surface area contributed by atoms with Gasteiger partial charge in [0.25, 0.3) is 0 Å². The Labute approximate surface area is 186 Å². The van der Waals surface area contributed by atoms with Crippen LogP contribution in [0.3, 0.4) is 0 Å². The lowest BCUT2D eigenvalue weighted by atomic mass is 9.90. The Balaban J connectivity index is 3.29. The van der Waals surface area contributed by atoms with E-state index in [1.807, 2.05) is 13.8 Å². The predicted molar refractivity (Wildman–Crippen MR) is 126 cm³/mol. The fraction of sp³-hybridized carbons (Fsp3) is 0.923. The first-order chi connectivity index (χ1) is 14.5. The number of hydrogen-bond donors (Lipinski definition) is 1. The van der Waals surface area contributed by atoms with Gasteiger partial charge in [-0.15, -0.1) is 0 Å². The quantitative estimate of drug-likeness (QED) is 0.141. The monoisotopic (exact) mass is 426 g/mol. The molecule has 0 aliphatic rings. The Morgan fingerprint density at radius 3 is 1.67 bits per heavy atom. The van der Waals surface area contributed by atoms with E-state index in [0.717, 1.165) is 38.5 Å². The molecular weight excluding hydrogens is 376 g/mol. The van der Waals surface area contributed by atoms with Crippen molar-refractivity contribution in [2.24, 2.45) is 11.8 Å². The van der Waals surface area contributed by atoms with Crippen LogP contribution >= 0.6 is 0 Å². The number of unbranched alkanes of at least 4 members (excludes halogenated alkanes) is 14. The summed E-state index contributed by atoms with van der Waals surface area (Å²) in [6.07, 6.45) is 20.5. The average molecular weight is 427 g/mol. The first-order valence-corrected chi connectivity index (χ1v) is 12.9. The lowest BCUT2D eigenvalue weighted by Crippen LogP contribution is -2.19. The molecular formula is C26H50O4. The van der Waals surface area contributed by atoms with Crippen LogP contribution in [0.25, 0.3) is 0 Å². The van der Waals surface area contributed by atoms with Crippen molar-refractivity contribution in [2.75, 3.05) is 6.61 Å². The smallest absolute Gasteiger partial charge is 0.306 e. The number of carboxylic acid groups (broad SMARTS) is 1. The van der Waals surface area contributed by atoms with Crippen LogP contribution in [-0.4, -0.2) is 23.7 Å². The average Bonchev–Trinajstić information content (AvgIpc) is 2.70. The van der Waals surface area contributed by atoms with Crippen LogP contribution in [0.5, 0.6) is 0 Å². The first kappa shape index (κ1) is 28.9. The normalized spacial score (nSPS) is 12.3. The van der Waals surface area contributed by atoms with Crippen molar-refractivity contribution in [1.82, 2.24) is 0 Å². The van der Waals surface area contributed by atoms with Gasteiger partial charge in [0.05, 0.1) is 12.5 Å². The fourth-order valence-corrected chi connectivity index (χ4v) is 3.93. The van der Waals surface area contributed by atoms with Gasteiger partial charge in [-0.1, -0.05) is 111 Å². The standard InChI is InChI=1S/C26H50O4/c1-4-5-6-16-19-22-30-25(27)21-18-15-13-11-9-7-8-10-12-14-17-20-24(23(2)3)26(28)29/h23-24H,4-22H2,1-3H3,(H,28,29). The minimum Gasteiger partial charge on any atom is -0.481 e. The second-order valence-corrected chi connectivity index (χ2v) is 9.25. The third kappa shape index (κ3) is 18.9. The zero-order valence-corrected chi connectivity index (χ0v) is 20.3. The molecule has 0 saturated carbocycles. The second kappa shape index (κ2) is 21.2. The van der Waals surface area contributed by atoms with E-state index in [9.17, 15) is 14.7 Å². The molecule has 0 saturated heterocycles. The highest BCUT2D eigenvalue weighted by atomic mass is 16.5. The molecule has 0 heterocycles. The number of carbonyl (C=O) groups is 2. The predicted octanol–water partition coefficient (Wildman–Crippen LogP) is 7.93. The van der Waals surface area contributed by atoms with E-state index in [4.69, 9.17) is 4.74 Å². The molecule has 0 bridgehead atoms. The molecule has 0 rings (SSSR count). The molecule has 30 heavy (non-hydrogen) atoms. The lowest BCUT2D eigenvalue weighted by molar-refractivity contribution is -0.144. The van der Waals surface area contributed by atoms with Crippen molar-refractivity contribution >= 4 is 11.9 Å². The van der Waals surface area contributed by atoms with Gasteiger partial charge in [-0.3, -0.25) is 9.59 Å². The summed E-state index contributed by atoms with van der Waals surface area (Å²) in [5, 5.41) is 9.19. The Hall–Kier alpha value is -1.06. The van der Waals surface area contributed by atoms with Crippen molar-refractivity contribution in [2.45, 2.75) is 136 Å². The largest absolute Gasteiger partial charge is 0.481 e. The number of rotatable bonds is 22. The Morgan fingerprint density at radius 2 is 1.17 bits per heavy atom. The zero-order chi connectivity index (χ0) is 22.5. The summed E-state index contributed by atoms with van der Waals surface area (Å²) >= 11 is 0. The Kier molecular flexibility index (Phi) is 20.4. The van der Waals surface area contributed by atoms with Crippen molar-refractivity contribution in [1.29, 1.82) is 0 Å². The molecule has 0 aliphatic heterocycles. The molecule has 178 valence electrons. The third-order valence-electron chi connectivity index (χ3n) is 6.03. The molecule has 1 atom stereocenters. The molecule has 1 unspecified atom stereocenters. The number of carbonyl (C=O) groups excluding carboxylic acids is 1. The summed E-state index contributed by atoms with van der Waals surface area (Å²) in [4.78, 5) is 22.8. The van der Waals surface area contributed by atoms with Crippen LogP contribution in [0.15, 0.2) is 0 Å². The van der Waals surface area contributed by atoms with E-state index in [1.165, 1.54) is 70.6 Å². The van der Waals surface area contributed by atoms with Gasteiger partial charge in [0, 0.05) is 6.42 Å². The van der Waals surface area contributed by atoms with Crippen LogP contribution in [0, 0.1) is 11.8 Å². The van der Waals surface area contributed by atoms with Crippen LogP contribution in [-0.2, 0) is 14.3 Å². The van der Waals surface area contributed by atoms with Crippen LogP contribution in [0.4, 0.5) is 0 Å². The molecule has 4 heteroatoms. The minimum atomic E-state index is -0.639. The molecule has 0 radical (unpaired) electrons. The van der Waals surface area contributed by atoms with Crippen molar-refractivity contribution in [3.63, 3.8) is 0 Å². The summed E-state index contributed by atoms with van der Waals surface area (Å²) in [5.74, 6) is -0.607. The van der Waals surface area contributed by atoms with Gasteiger partial charge >= 0.3 is 11.9 Å². The molecule has 0 aromatic heterocycles. The SMILES string of the molecule is CCCCCCCOC(=O)CCCCCCCCCCCCCC(C(=O)O)C(C)C. The zero-order valence-electron chi connectivity index (χ0n) is 20.3. The summed E-state index contributed by atoms with van der Waals surface area (Å²) in [6, 6.07) is 0. The molecule has 0 aromatic rings. The van der Waals surface area contributed by atoms with Gasteiger partial charge < -0.3 is 9.84 Å². The summed E-state index contributed by atoms with van der Waals surface area (Å²) < 4.78 is 5.29. The highest BCUT2D eigenvalue weighted by Crippen LogP contribution is 2.20. The van der Waals surface area contributed by atoms with Crippen molar-refractivity contribution in [3.05, 3.63) is 0 Å². The Bertz CT molecular complexity index is 406. The molecule has 1 N–H and O–H groups in total. The van der Waals surface area contributed by atoms with Crippen LogP contribution < -0.4 is 0 Å². The van der Waals surface area contributed by atoms with Crippen LogP contribution in [0.1, 0.15) is 136 Å². The van der Waals surface area contributed by atoms with Gasteiger partial charge in [0.1, 0.15) is 0 Å².